The van der Waals surface area contributed by atoms with Gasteiger partial charge in [-0.2, -0.15) is 0 Å². The SMILES string of the molecule is N=C(N)c1ccc2c(c1)N(Cc1ccnc3ccccc13)C(C(=O)NC1CCC(N)CC1)C2. The zero-order valence-electron chi connectivity index (χ0n) is 18.6. The van der Waals surface area contributed by atoms with Crippen molar-refractivity contribution in [3.8, 4) is 0 Å². The summed E-state index contributed by atoms with van der Waals surface area (Å²) < 4.78 is 0. The Morgan fingerprint density at radius 3 is 2.70 bits per heavy atom. The summed E-state index contributed by atoms with van der Waals surface area (Å²) in [5.41, 5.74) is 16.6. The van der Waals surface area contributed by atoms with Crippen LogP contribution in [-0.2, 0) is 17.8 Å². The Bertz CT molecular complexity index is 1200. The number of nitrogen functional groups attached to an aromatic ring is 1. The topological polar surface area (TPSA) is 121 Å². The van der Waals surface area contributed by atoms with E-state index in [2.05, 4.69) is 21.3 Å². The molecular formula is C26H30N6O. The maximum atomic E-state index is 13.5. The molecule has 5 rings (SSSR count). The molecule has 1 atom stereocenters. The molecule has 0 spiro atoms. The predicted molar refractivity (Wildman–Crippen MR) is 131 cm³/mol. The van der Waals surface area contributed by atoms with Gasteiger partial charge in [0, 0.05) is 47.9 Å². The number of rotatable bonds is 5. The number of carbonyl (C=O) groups is 1. The number of nitrogens with two attached hydrogens (primary N) is 2. The molecule has 7 heteroatoms. The van der Waals surface area contributed by atoms with E-state index in [0.717, 1.165) is 53.4 Å². The summed E-state index contributed by atoms with van der Waals surface area (Å²) in [4.78, 5) is 20.1. The zero-order valence-corrected chi connectivity index (χ0v) is 18.6. The van der Waals surface area contributed by atoms with Gasteiger partial charge in [0.2, 0.25) is 5.91 Å². The third-order valence-corrected chi connectivity index (χ3v) is 7.00. The third-order valence-electron chi connectivity index (χ3n) is 7.00. The Morgan fingerprint density at radius 2 is 1.91 bits per heavy atom. The lowest BCUT2D eigenvalue weighted by molar-refractivity contribution is -0.123. The molecular weight excluding hydrogens is 412 g/mol. The molecule has 1 fully saturated rings. The second kappa shape index (κ2) is 8.83. The van der Waals surface area contributed by atoms with Crippen molar-refractivity contribution >= 4 is 28.3 Å². The van der Waals surface area contributed by atoms with Crippen LogP contribution in [0.2, 0.25) is 0 Å². The number of aromatic nitrogens is 1. The summed E-state index contributed by atoms with van der Waals surface area (Å²) in [6, 6.07) is 16.0. The molecule has 6 N–H and O–H groups in total. The molecule has 2 heterocycles. The van der Waals surface area contributed by atoms with Crippen LogP contribution in [0.5, 0.6) is 0 Å². The van der Waals surface area contributed by atoms with E-state index in [1.54, 1.807) is 0 Å². The van der Waals surface area contributed by atoms with E-state index in [1.165, 1.54) is 0 Å². The van der Waals surface area contributed by atoms with Crippen molar-refractivity contribution < 1.29 is 4.79 Å². The summed E-state index contributed by atoms with van der Waals surface area (Å²) in [7, 11) is 0. The normalized spacial score (nSPS) is 22.2. The number of hydrogen-bond donors (Lipinski definition) is 4. The van der Waals surface area contributed by atoms with Crippen LogP contribution in [0.1, 0.15) is 42.4 Å². The van der Waals surface area contributed by atoms with E-state index in [4.69, 9.17) is 16.9 Å². The van der Waals surface area contributed by atoms with Crippen molar-refractivity contribution in [3.05, 3.63) is 71.4 Å². The van der Waals surface area contributed by atoms with Crippen molar-refractivity contribution in [1.82, 2.24) is 10.3 Å². The highest BCUT2D eigenvalue weighted by Gasteiger charge is 2.36. The van der Waals surface area contributed by atoms with E-state index in [0.29, 0.717) is 18.5 Å². The fourth-order valence-corrected chi connectivity index (χ4v) is 5.12. The summed E-state index contributed by atoms with van der Waals surface area (Å²) in [6.45, 7) is 0.574. The Labute approximate surface area is 193 Å². The van der Waals surface area contributed by atoms with Crippen LogP contribution in [0.4, 0.5) is 5.69 Å². The number of benzene rings is 2. The zero-order chi connectivity index (χ0) is 22.9. The first-order valence-corrected chi connectivity index (χ1v) is 11.6. The van der Waals surface area contributed by atoms with Gasteiger partial charge in [0.15, 0.2) is 0 Å². The standard InChI is InChI=1S/C26H30N6O/c27-19-7-9-20(10-8-19)31-26(33)24-13-16-5-6-17(25(28)29)14-23(16)32(24)15-18-11-12-30-22-4-2-1-3-21(18)22/h1-6,11-12,14,19-20,24H,7-10,13,15,27H2,(H3,28,29)(H,31,33). The molecule has 2 aromatic carbocycles. The third kappa shape index (κ3) is 4.28. The van der Waals surface area contributed by atoms with Gasteiger partial charge in [-0.15, -0.1) is 0 Å². The van der Waals surface area contributed by atoms with Crippen molar-refractivity contribution in [2.45, 2.75) is 56.8 Å². The minimum absolute atomic E-state index is 0.0264. The van der Waals surface area contributed by atoms with Crippen LogP contribution in [-0.4, -0.2) is 34.9 Å². The van der Waals surface area contributed by atoms with E-state index >= 15 is 0 Å². The van der Waals surface area contributed by atoms with Crippen molar-refractivity contribution in [1.29, 1.82) is 5.41 Å². The van der Waals surface area contributed by atoms with Crippen molar-refractivity contribution in [2.24, 2.45) is 11.5 Å². The van der Waals surface area contributed by atoms with Crippen LogP contribution in [0.25, 0.3) is 10.9 Å². The minimum Gasteiger partial charge on any atom is -0.384 e. The van der Waals surface area contributed by atoms with Gasteiger partial charge < -0.3 is 21.7 Å². The van der Waals surface area contributed by atoms with Crippen molar-refractivity contribution in [3.63, 3.8) is 0 Å². The smallest absolute Gasteiger partial charge is 0.243 e. The van der Waals surface area contributed by atoms with Crippen molar-refractivity contribution in [2.75, 3.05) is 4.90 Å². The number of pyridine rings is 1. The number of amides is 1. The lowest BCUT2D eigenvalue weighted by Crippen LogP contribution is -2.49. The minimum atomic E-state index is -0.315. The number of amidine groups is 1. The monoisotopic (exact) mass is 442 g/mol. The summed E-state index contributed by atoms with van der Waals surface area (Å²) in [6.07, 6.45) is 6.21. The quantitative estimate of drug-likeness (QED) is 0.358. The molecule has 7 nitrogen and oxygen atoms in total. The fourth-order valence-electron chi connectivity index (χ4n) is 5.12. The molecule has 33 heavy (non-hydrogen) atoms. The molecule has 0 radical (unpaired) electrons. The molecule has 170 valence electrons. The maximum Gasteiger partial charge on any atom is 0.243 e. The number of fused-ring (bicyclic) bond motifs is 2. The second-order valence-corrected chi connectivity index (χ2v) is 9.21. The number of carbonyl (C=O) groups excluding carboxylic acids is 1. The van der Waals surface area contributed by atoms with Crippen LogP contribution in [0, 0.1) is 5.41 Å². The first-order chi connectivity index (χ1) is 16.0. The first-order valence-electron chi connectivity index (χ1n) is 11.6. The van der Waals surface area contributed by atoms with Gasteiger partial charge in [0.1, 0.15) is 11.9 Å². The largest absolute Gasteiger partial charge is 0.384 e. The van der Waals surface area contributed by atoms with Crippen LogP contribution >= 0.6 is 0 Å². The highest BCUT2D eigenvalue weighted by molar-refractivity contribution is 5.97. The van der Waals surface area contributed by atoms with E-state index < -0.39 is 0 Å². The van der Waals surface area contributed by atoms with Gasteiger partial charge in [-0.3, -0.25) is 15.2 Å². The number of nitrogens with one attached hydrogen (secondary N) is 2. The molecule has 1 aliphatic carbocycles. The van der Waals surface area contributed by atoms with Crippen LogP contribution in [0.15, 0.2) is 54.7 Å². The molecule has 1 unspecified atom stereocenters. The summed E-state index contributed by atoms with van der Waals surface area (Å²) in [5, 5.41) is 12.2. The average molecular weight is 443 g/mol. The number of anilines is 1. The van der Waals surface area contributed by atoms with E-state index in [-0.39, 0.29) is 29.9 Å². The summed E-state index contributed by atoms with van der Waals surface area (Å²) >= 11 is 0. The molecule has 1 saturated carbocycles. The highest BCUT2D eigenvalue weighted by atomic mass is 16.2. The van der Waals surface area contributed by atoms with Gasteiger partial charge in [-0.1, -0.05) is 30.3 Å². The van der Waals surface area contributed by atoms with Gasteiger partial charge in [0.25, 0.3) is 0 Å². The Hall–Kier alpha value is -3.45. The van der Waals surface area contributed by atoms with E-state index in [1.807, 2.05) is 48.7 Å². The second-order valence-electron chi connectivity index (χ2n) is 9.21. The van der Waals surface area contributed by atoms with Gasteiger partial charge in [-0.25, -0.2) is 0 Å². The summed E-state index contributed by atoms with van der Waals surface area (Å²) in [5.74, 6) is 0.0768. The van der Waals surface area contributed by atoms with Crippen LogP contribution in [0.3, 0.4) is 0 Å². The molecule has 1 amide bonds. The molecule has 0 saturated heterocycles. The fraction of sp³-hybridized carbons (Fsp3) is 0.346. The van der Waals surface area contributed by atoms with Gasteiger partial charge >= 0.3 is 0 Å². The molecule has 0 bridgehead atoms. The molecule has 2 aliphatic rings. The lowest BCUT2D eigenvalue weighted by atomic mass is 9.91. The number of hydrogen-bond acceptors (Lipinski definition) is 5. The van der Waals surface area contributed by atoms with Gasteiger partial charge in [-0.05, 0) is 55.0 Å². The number of para-hydroxylation sites is 1. The molecule has 3 aromatic rings. The predicted octanol–water partition coefficient (Wildman–Crippen LogP) is 2.84. The maximum absolute atomic E-state index is 13.5. The van der Waals surface area contributed by atoms with Crippen LogP contribution < -0.4 is 21.7 Å². The molecule has 1 aromatic heterocycles. The average Bonchev–Trinajstić information content (AvgIpc) is 3.18. The first kappa shape index (κ1) is 21.4. The van der Waals surface area contributed by atoms with E-state index in [9.17, 15) is 4.79 Å². The number of nitrogens with zero attached hydrogens (tertiary/aromatic N) is 2. The Kier molecular flexibility index (Phi) is 5.72. The Morgan fingerprint density at radius 1 is 1.12 bits per heavy atom. The van der Waals surface area contributed by atoms with Gasteiger partial charge in [0.05, 0.1) is 5.52 Å². The molecule has 1 aliphatic heterocycles. The Balaban J connectivity index is 1.47. The lowest BCUT2D eigenvalue weighted by Gasteiger charge is -2.31. The highest BCUT2D eigenvalue weighted by Crippen LogP contribution is 2.35.